The van der Waals surface area contributed by atoms with Gasteiger partial charge in [-0.3, -0.25) is 9.36 Å². The molecule has 0 unspecified atom stereocenters. The molecule has 0 amide bonds. The fraction of sp³-hybridized carbons (Fsp3) is 0.348. The summed E-state index contributed by atoms with van der Waals surface area (Å²) in [5.41, 5.74) is 2.71. The van der Waals surface area contributed by atoms with Gasteiger partial charge in [-0.15, -0.1) is 10.2 Å². The zero-order valence-electron chi connectivity index (χ0n) is 18.1. The van der Waals surface area contributed by atoms with E-state index in [0.717, 1.165) is 11.1 Å². The first kappa shape index (κ1) is 23.0. The Bertz CT molecular complexity index is 1050. The van der Waals surface area contributed by atoms with Crippen molar-refractivity contribution in [3.05, 3.63) is 70.8 Å². The van der Waals surface area contributed by atoms with Crippen molar-refractivity contribution in [1.29, 1.82) is 0 Å². The van der Waals surface area contributed by atoms with Crippen LogP contribution in [0.4, 0.5) is 4.39 Å². The van der Waals surface area contributed by atoms with E-state index in [2.05, 4.69) is 10.2 Å². The molecule has 3 aromatic rings. The van der Waals surface area contributed by atoms with E-state index in [4.69, 9.17) is 9.47 Å². The van der Waals surface area contributed by atoms with Crippen molar-refractivity contribution in [2.75, 3.05) is 19.5 Å². The van der Waals surface area contributed by atoms with Gasteiger partial charge in [0.15, 0.2) is 28.3 Å². The number of ether oxygens (including phenoxy) is 2. The van der Waals surface area contributed by atoms with E-state index in [1.165, 1.54) is 17.8 Å². The first-order valence-electron chi connectivity index (χ1n) is 9.94. The summed E-state index contributed by atoms with van der Waals surface area (Å²) in [4.78, 5) is 12.8. The van der Waals surface area contributed by atoms with Crippen molar-refractivity contribution in [1.82, 2.24) is 14.8 Å². The molecular formula is C23H26FN3O3S. The molecule has 8 heteroatoms. The van der Waals surface area contributed by atoms with Gasteiger partial charge in [-0.1, -0.05) is 41.6 Å². The number of para-hydroxylation sites is 1. The van der Waals surface area contributed by atoms with Crippen molar-refractivity contribution in [2.24, 2.45) is 0 Å². The predicted molar refractivity (Wildman–Crippen MR) is 118 cm³/mol. The maximum Gasteiger partial charge on any atom is 0.192 e. The lowest BCUT2D eigenvalue weighted by Crippen LogP contribution is -2.17. The Labute approximate surface area is 185 Å². The Morgan fingerprint density at radius 3 is 2.71 bits per heavy atom. The Morgan fingerprint density at radius 1 is 1.19 bits per heavy atom. The molecular weight excluding hydrogens is 417 g/mol. The molecule has 3 rings (SSSR count). The largest absolute Gasteiger partial charge is 0.483 e. The third kappa shape index (κ3) is 5.71. The summed E-state index contributed by atoms with van der Waals surface area (Å²) in [6.07, 6.45) is 0. The third-order valence-electron chi connectivity index (χ3n) is 4.80. The van der Waals surface area contributed by atoms with Crippen LogP contribution in [0, 0.1) is 19.7 Å². The average molecular weight is 444 g/mol. The van der Waals surface area contributed by atoms with Gasteiger partial charge in [0.05, 0.1) is 18.4 Å². The SMILES string of the molecule is COC[C@@H](C)n1c(COc2ccccc2F)nnc1SCC(=O)c1cc(C)ccc1C. The lowest BCUT2D eigenvalue weighted by molar-refractivity contribution is 0.102. The standard InChI is InChI=1S/C23H26FN3O3S/c1-15-9-10-16(2)18(11-15)20(28)14-31-23-26-25-22(27(23)17(3)12-29-4)13-30-21-8-6-5-7-19(21)24/h5-11,17H,12-14H2,1-4H3/t17-/m1/s1. The van der Waals surface area contributed by atoms with Crippen molar-refractivity contribution >= 4 is 17.5 Å². The summed E-state index contributed by atoms with van der Waals surface area (Å²) < 4.78 is 26.7. The monoisotopic (exact) mass is 443 g/mol. The highest BCUT2D eigenvalue weighted by Crippen LogP contribution is 2.25. The van der Waals surface area contributed by atoms with Crippen molar-refractivity contribution in [3.63, 3.8) is 0 Å². The number of halogens is 1. The molecule has 164 valence electrons. The molecule has 0 radical (unpaired) electrons. The van der Waals surface area contributed by atoms with E-state index in [1.54, 1.807) is 25.3 Å². The Hall–Kier alpha value is -2.71. The molecule has 1 atom stereocenters. The number of hydrogen-bond donors (Lipinski definition) is 0. The molecule has 0 saturated heterocycles. The number of benzene rings is 2. The summed E-state index contributed by atoms with van der Waals surface area (Å²) >= 11 is 1.32. The van der Waals surface area contributed by atoms with Crippen LogP contribution in [0.25, 0.3) is 0 Å². The number of Topliss-reactive ketones (excluding diaryl/α,β-unsaturated/α-hetero) is 1. The van der Waals surface area contributed by atoms with Crippen LogP contribution in [-0.2, 0) is 11.3 Å². The fourth-order valence-corrected chi connectivity index (χ4v) is 4.15. The number of thioether (sulfide) groups is 1. The zero-order valence-corrected chi connectivity index (χ0v) is 18.9. The van der Waals surface area contributed by atoms with Crippen LogP contribution < -0.4 is 4.74 Å². The predicted octanol–water partition coefficient (Wildman–Crippen LogP) is 4.80. The Balaban J connectivity index is 1.77. The highest BCUT2D eigenvalue weighted by atomic mass is 32.2. The molecule has 0 aliphatic carbocycles. The first-order chi connectivity index (χ1) is 14.9. The van der Waals surface area contributed by atoms with Crippen LogP contribution in [0.3, 0.4) is 0 Å². The minimum absolute atomic E-state index is 0.0318. The summed E-state index contributed by atoms with van der Waals surface area (Å²) in [6, 6.07) is 12.0. The molecule has 0 bridgehead atoms. The van der Waals surface area contributed by atoms with Gasteiger partial charge in [0, 0.05) is 12.7 Å². The number of aryl methyl sites for hydroxylation is 2. The molecule has 0 N–H and O–H groups in total. The second kappa shape index (κ2) is 10.5. The van der Waals surface area contributed by atoms with Gasteiger partial charge in [-0.05, 0) is 44.5 Å². The van der Waals surface area contributed by atoms with Crippen LogP contribution in [0.15, 0.2) is 47.6 Å². The Morgan fingerprint density at radius 2 is 1.97 bits per heavy atom. The highest BCUT2D eigenvalue weighted by Gasteiger charge is 2.20. The van der Waals surface area contributed by atoms with Gasteiger partial charge >= 0.3 is 0 Å². The Kier molecular flexibility index (Phi) is 7.81. The van der Waals surface area contributed by atoms with E-state index in [0.29, 0.717) is 23.2 Å². The van der Waals surface area contributed by atoms with E-state index in [1.807, 2.05) is 43.5 Å². The number of nitrogens with zero attached hydrogens (tertiary/aromatic N) is 3. The van der Waals surface area contributed by atoms with Gasteiger partial charge < -0.3 is 9.47 Å². The number of aromatic nitrogens is 3. The van der Waals surface area contributed by atoms with E-state index >= 15 is 0 Å². The van der Waals surface area contributed by atoms with Crippen molar-refractivity contribution in [2.45, 2.75) is 38.6 Å². The smallest absolute Gasteiger partial charge is 0.192 e. The van der Waals surface area contributed by atoms with Gasteiger partial charge in [0.2, 0.25) is 0 Å². The van der Waals surface area contributed by atoms with Crippen LogP contribution >= 0.6 is 11.8 Å². The van der Waals surface area contributed by atoms with Crippen LogP contribution in [-0.4, -0.2) is 40.0 Å². The first-order valence-corrected chi connectivity index (χ1v) is 10.9. The normalized spacial score (nSPS) is 12.0. The summed E-state index contributed by atoms with van der Waals surface area (Å²) in [6.45, 7) is 6.35. The molecule has 2 aromatic carbocycles. The summed E-state index contributed by atoms with van der Waals surface area (Å²) in [5, 5.41) is 9.07. The van der Waals surface area contributed by atoms with Gasteiger partial charge in [0.1, 0.15) is 6.61 Å². The average Bonchev–Trinajstić information content (AvgIpc) is 3.16. The molecule has 31 heavy (non-hydrogen) atoms. The lowest BCUT2D eigenvalue weighted by Gasteiger charge is -2.17. The van der Waals surface area contributed by atoms with E-state index < -0.39 is 5.82 Å². The van der Waals surface area contributed by atoms with Gasteiger partial charge in [-0.25, -0.2) is 4.39 Å². The molecule has 0 fully saturated rings. The minimum Gasteiger partial charge on any atom is -0.483 e. The number of rotatable bonds is 10. The lowest BCUT2D eigenvalue weighted by atomic mass is 10.0. The van der Waals surface area contributed by atoms with Gasteiger partial charge in [-0.2, -0.15) is 0 Å². The topological polar surface area (TPSA) is 66.2 Å². The minimum atomic E-state index is -0.438. The zero-order chi connectivity index (χ0) is 22.4. The van der Waals surface area contributed by atoms with Crippen LogP contribution in [0.2, 0.25) is 0 Å². The highest BCUT2D eigenvalue weighted by molar-refractivity contribution is 7.99. The molecule has 0 spiro atoms. The van der Waals surface area contributed by atoms with Crippen molar-refractivity contribution < 1.29 is 18.7 Å². The maximum absolute atomic E-state index is 13.9. The molecule has 1 aromatic heterocycles. The number of carbonyl (C=O) groups excluding carboxylic acids is 1. The summed E-state index contributed by atoms with van der Waals surface area (Å²) in [7, 11) is 1.62. The quantitative estimate of drug-likeness (QED) is 0.331. The van der Waals surface area contributed by atoms with E-state index in [9.17, 15) is 9.18 Å². The number of carbonyl (C=O) groups is 1. The number of ketones is 1. The molecule has 0 aliphatic heterocycles. The summed E-state index contributed by atoms with van der Waals surface area (Å²) in [5.74, 6) is 0.512. The fourth-order valence-electron chi connectivity index (χ4n) is 3.21. The van der Waals surface area contributed by atoms with Crippen LogP contribution in [0.1, 0.15) is 40.3 Å². The van der Waals surface area contributed by atoms with Gasteiger partial charge in [0.25, 0.3) is 0 Å². The van der Waals surface area contributed by atoms with Crippen molar-refractivity contribution in [3.8, 4) is 5.75 Å². The number of methoxy groups -OCH3 is 1. The van der Waals surface area contributed by atoms with E-state index in [-0.39, 0.29) is 29.9 Å². The molecule has 1 heterocycles. The molecule has 0 aliphatic rings. The maximum atomic E-state index is 13.9. The second-order valence-corrected chi connectivity index (χ2v) is 8.26. The van der Waals surface area contributed by atoms with Crippen LogP contribution in [0.5, 0.6) is 5.75 Å². The number of hydrogen-bond acceptors (Lipinski definition) is 6. The second-order valence-electron chi connectivity index (χ2n) is 7.32. The third-order valence-corrected chi connectivity index (χ3v) is 5.75. The molecule has 0 saturated carbocycles. The molecule has 6 nitrogen and oxygen atoms in total.